The summed E-state index contributed by atoms with van der Waals surface area (Å²) in [6.45, 7) is 1.27. The van der Waals surface area contributed by atoms with Crippen molar-refractivity contribution < 1.29 is 4.79 Å². The Hall–Kier alpha value is -3.42. The van der Waals surface area contributed by atoms with E-state index >= 15 is 0 Å². The third kappa shape index (κ3) is 3.59. The van der Waals surface area contributed by atoms with E-state index in [1.54, 1.807) is 10.9 Å². The van der Waals surface area contributed by atoms with Gasteiger partial charge in [0.1, 0.15) is 12.1 Å². The lowest BCUT2D eigenvalue weighted by Crippen LogP contribution is -2.52. The topological polar surface area (TPSA) is 79.2 Å². The Balaban J connectivity index is 1.35. The summed E-state index contributed by atoms with van der Waals surface area (Å²) >= 11 is 0. The molecule has 0 atom stereocenters. The van der Waals surface area contributed by atoms with Crippen LogP contribution in [0.2, 0.25) is 0 Å². The van der Waals surface area contributed by atoms with Crippen LogP contribution in [0, 0.1) is 5.92 Å². The van der Waals surface area contributed by atoms with E-state index in [1.165, 1.54) is 6.33 Å². The number of aromatic nitrogens is 4. The zero-order chi connectivity index (χ0) is 18.8. The van der Waals surface area contributed by atoms with E-state index in [0.717, 1.165) is 17.2 Å². The van der Waals surface area contributed by atoms with Gasteiger partial charge in [-0.2, -0.15) is 5.10 Å². The van der Waals surface area contributed by atoms with Crippen molar-refractivity contribution >= 4 is 23.1 Å². The summed E-state index contributed by atoms with van der Waals surface area (Å²) in [5, 5.41) is 7.16. The standard InChI is InChI=1S/C19H21N7O/c1-24(2)16-6-4-15(5-7-16)23-19(27)14-11-25(12-14)17-10-18(21-13-20-17)26-9-3-8-22-26/h3-10,13-14H,11-12H2,1-2H3,(H,23,27). The highest BCUT2D eigenvalue weighted by Crippen LogP contribution is 2.25. The summed E-state index contributed by atoms with van der Waals surface area (Å²) in [6.07, 6.45) is 5.06. The second-order valence-corrected chi connectivity index (χ2v) is 6.72. The normalized spacial score (nSPS) is 13.9. The quantitative estimate of drug-likeness (QED) is 0.745. The summed E-state index contributed by atoms with van der Waals surface area (Å²) in [7, 11) is 3.98. The first kappa shape index (κ1) is 17.0. The average Bonchev–Trinajstić information content (AvgIpc) is 3.16. The highest BCUT2D eigenvalue weighted by atomic mass is 16.2. The van der Waals surface area contributed by atoms with E-state index in [1.807, 2.05) is 61.6 Å². The second-order valence-electron chi connectivity index (χ2n) is 6.72. The van der Waals surface area contributed by atoms with Crippen LogP contribution in [0.25, 0.3) is 5.82 Å². The smallest absolute Gasteiger partial charge is 0.231 e. The van der Waals surface area contributed by atoms with Gasteiger partial charge in [-0.3, -0.25) is 4.79 Å². The number of nitrogens with zero attached hydrogens (tertiary/aromatic N) is 6. The summed E-state index contributed by atoms with van der Waals surface area (Å²) < 4.78 is 1.69. The summed E-state index contributed by atoms with van der Waals surface area (Å²) in [4.78, 5) is 25.1. The monoisotopic (exact) mass is 363 g/mol. The Morgan fingerprint density at radius 2 is 1.89 bits per heavy atom. The average molecular weight is 363 g/mol. The summed E-state index contributed by atoms with van der Waals surface area (Å²) in [6, 6.07) is 11.5. The highest BCUT2D eigenvalue weighted by molar-refractivity contribution is 5.94. The molecule has 3 heterocycles. The number of amides is 1. The molecule has 0 radical (unpaired) electrons. The van der Waals surface area contributed by atoms with Gasteiger partial charge < -0.3 is 15.1 Å². The van der Waals surface area contributed by atoms with Crippen molar-refractivity contribution in [1.82, 2.24) is 19.7 Å². The molecule has 27 heavy (non-hydrogen) atoms. The van der Waals surface area contributed by atoms with Gasteiger partial charge in [0.25, 0.3) is 0 Å². The molecule has 0 aliphatic carbocycles. The van der Waals surface area contributed by atoms with Gasteiger partial charge >= 0.3 is 0 Å². The minimum absolute atomic E-state index is 0.0326. The first-order valence-electron chi connectivity index (χ1n) is 8.75. The van der Waals surface area contributed by atoms with Crippen molar-refractivity contribution in [2.24, 2.45) is 5.92 Å². The fraction of sp³-hybridized carbons (Fsp3) is 0.263. The number of carbonyl (C=O) groups excluding carboxylic acids is 1. The van der Waals surface area contributed by atoms with Crippen molar-refractivity contribution in [3.05, 3.63) is 55.1 Å². The Morgan fingerprint density at radius 3 is 2.56 bits per heavy atom. The lowest BCUT2D eigenvalue weighted by Gasteiger charge is -2.39. The largest absolute Gasteiger partial charge is 0.378 e. The molecule has 4 rings (SSSR count). The van der Waals surface area contributed by atoms with Crippen LogP contribution in [-0.4, -0.2) is 52.8 Å². The third-order valence-electron chi connectivity index (χ3n) is 4.60. The lowest BCUT2D eigenvalue weighted by atomic mass is 9.99. The predicted octanol–water partition coefficient (Wildman–Crippen LogP) is 1.80. The van der Waals surface area contributed by atoms with Crippen LogP contribution < -0.4 is 15.1 Å². The molecular weight excluding hydrogens is 342 g/mol. The van der Waals surface area contributed by atoms with E-state index in [9.17, 15) is 4.79 Å². The zero-order valence-corrected chi connectivity index (χ0v) is 15.3. The fourth-order valence-corrected chi connectivity index (χ4v) is 2.96. The van der Waals surface area contributed by atoms with Gasteiger partial charge in [-0.25, -0.2) is 14.6 Å². The molecule has 8 heteroatoms. The van der Waals surface area contributed by atoms with Gasteiger partial charge in [0.15, 0.2) is 5.82 Å². The molecule has 1 aromatic carbocycles. The SMILES string of the molecule is CN(C)c1ccc(NC(=O)C2CN(c3cc(-n4cccn4)ncn3)C2)cc1. The van der Waals surface area contributed by atoms with Crippen LogP contribution in [0.4, 0.5) is 17.2 Å². The lowest BCUT2D eigenvalue weighted by molar-refractivity contribution is -0.120. The van der Waals surface area contributed by atoms with Crippen LogP contribution in [-0.2, 0) is 4.79 Å². The molecular formula is C19H21N7O. The van der Waals surface area contributed by atoms with Gasteiger partial charge in [-0.1, -0.05) is 0 Å². The van der Waals surface area contributed by atoms with E-state index in [0.29, 0.717) is 18.9 Å². The molecule has 138 valence electrons. The van der Waals surface area contributed by atoms with E-state index < -0.39 is 0 Å². The number of carbonyl (C=O) groups is 1. The second kappa shape index (κ2) is 7.06. The molecule has 3 aromatic rings. The summed E-state index contributed by atoms with van der Waals surface area (Å²) in [5.41, 5.74) is 1.91. The van der Waals surface area contributed by atoms with E-state index in [-0.39, 0.29) is 11.8 Å². The Labute approximate surface area is 157 Å². The van der Waals surface area contributed by atoms with Crippen LogP contribution in [0.3, 0.4) is 0 Å². The molecule has 0 unspecified atom stereocenters. The minimum atomic E-state index is -0.0540. The number of hydrogen-bond acceptors (Lipinski definition) is 6. The van der Waals surface area contributed by atoms with Gasteiger partial charge in [0, 0.05) is 57.0 Å². The Bertz CT molecular complexity index is 915. The number of nitrogens with one attached hydrogen (secondary N) is 1. The molecule has 2 aromatic heterocycles. The summed E-state index contributed by atoms with van der Waals surface area (Å²) in [5.74, 6) is 1.49. The fourth-order valence-electron chi connectivity index (χ4n) is 2.96. The van der Waals surface area contributed by atoms with Crippen molar-refractivity contribution in [1.29, 1.82) is 0 Å². The van der Waals surface area contributed by atoms with Gasteiger partial charge in [0.2, 0.25) is 5.91 Å². The highest BCUT2D eigenvalue weighted by Gasteiger charge is 2.33. The molecule has 1 amide bonds. The maximum atomic E-state index is 12.4. The van der Waals surface area contributed by atoms with Crippen LogP contribution in [0.5, 0.6) is 0 Å². The van der Waals surface area contributed by atoms with Crippen molar-refractivity contribution in [3.63, 3.8) is 0 Å². The Kier molecular flexibility index (Phi) is 4.45. The van der Waals surface area contributed by atoms with Crippen LogP contribution in [0.1, 0.15) is 0 Å². The molecule has 0 spiro atoms. The zero-order valence-electron chi connectivity index (χ0n) is 15.3. The number of benzene rings is 1. The molecule has 1 aliphatic rings. The number of anilines is 3. The molecule has 1 fully saturated rings. The molecule has 1 N–H and O–H groups in total. The third-order valence-corrected chi connectivity index (χ3v) is 4.60. The van der Waals surface area contributed by atoms with E-state index in [4.69, 9.17) is 0 Å². The first-order valence-corrected chi connectivity index (χ1v) is 8.75. The minimum Gasteiger partial charge on any atom is -0.378 e. The number of hydrogen-bond donors (Lipinski definition) is 1. The molecule has 1 saturated heterocycles. The van der Waals surface area contributed by atoms with Crippen molar-refractivity contribution in [2.75, 3.05) is 42.3 Å². The van der Waals surface area contributed by atoms with Crippen LogP contribution in [0.15, 0.2) is 55.1 Å². The Morgan fingerprint density at radius 1 is 1.15 bits per heavy atom. The van der Waals surface area contributed by atoms with Crippen molar-refractivity contribution in [2.45, 2.75) is 0 Å². The van der Waals surface area contributed by atoms with Gasteiger partial charge in [-0.05, 0) is 30.3 Å². The first-order chi connectivity index (χ1) is 13.1. The van der Waals surface area contributed by atoms with Gasteiger partial charge in [0.05, 0.1) is 5.92 Å². The maximum absolute atomic E-state index is 12.4. The molecule has 0 saturated carbocycles. The van der Waals surface area contributed by atoms with Gasteiger partial charge in [-0.15, -0.1) is 0 Å². The molecule has 8 nitrogen and oxygen atoms in total. The number of rotatable bonds is 5. The molecule has 0 bridgehead atoms. The molecule has 1 aliphatic heterocycles. The van der Waals surface area contributed by atoms with Crippen LogP contribution >= 0.6 is 0 Å². The predicted molar refractivity (Wildman–Crippen MR) is 104 cm³/mol. The van der Waals surface area contributed by atoms with E-state index in [2.05, 4.69) is 25.3 Å². The van der Waals surface area contributed by atoms with Crippen molar-refractivity contribution in [3.8, 4) is 5.82 Å². The maximum Gasteiger partial charge on any atom is 0.231 e.